The maximum atomic E-state index is 15.2. The van der Waals surface area contributed by atoms with Crippen LogP contribution in [0.1, 0.15) is 54.8 Å². The van der Waals surface area contributed by atoms with Crippen LogP contribution in [-0.2, 0) is 20.9 Å². The van der Waals surface area contributed by atoms with Crippen LogP contribution in [0.4, 0.5) is 13.2 Å². The van der Waals surface area contributed by atoms with E-state index < -0.39 is 29.5 Å². The fourth-order valence-electron chi connectivity index (χ4n) is 3.60. The second-order valence-electron chi connectivity index (χ2n) is 7.58. The monoisotopic (exact) mass is 433 g/mol. The van der Waals surface area contributed by atoms with E-state index >= 15 is 4.39 Å². The molecule has 2 N–H and O–H groups in total. The van der Waals surface area contributed by atoms with Gasteiger partial charge in [0.15, 0.2) is 0 Å². The zero-order valence-corrected chi connectivity index (χ0v) is 17.4. The summed E-state index contributed by atoms with van der Waals surface area (Å²) in [6.45, 7) is 5.58. The van der Waals surface area contributed by atoms with Crippen molar-refractivity contribution in [3.8, 4) is 11.1 Å². The number of benzene rings is 2. The molecule has 166 valence electrons. The number of nitrogens with two attached hydrogens (primary N) is 1. The van der Waals surface area contributed by atoms with Gasteiger partial charge in [0.2, 0.25) is 0 Å². The molecule has 3 rings (SSSR count). The van der Waals surface area contributed by atoms with Gasteiger partial charge in [0.05, 0.1) is 26.2 Å². The van der Waals surface area contributed by atoms with Crippen LogP contribution in [0, 0.1) is 17.5 Å². The van der Waals surface area contributed by atoms with Crippen molar-refractivity contribution in [3.05, 3.63) is 71.1 Å². The summed E-state index contributed by atoms with van der Waals surface area (Å²) in [5.41, 5.74) is 7.44. The van der Waals surface area contributed by atoms with Crippen molar-refractivity contribution in [2.24, 2.45) is 5.73 Å². The van der Waals surface area contributed by atoms with Crippen LogP contribution in [0.2, 0.25) is 0 Å². The zero-order chi connectivity index (χ0) is 22.5. The second-order valence-corrected chi connectivity index (χ2v) is 7.58. The molecule has 0 unspecified atom stereocenters. The Morgan fingerprint density at radius 1 is 1.26 bits per heavy atom. The molecule has 2 aromatic rings. The molecule has 0 spiro atoms. The van der Waals surface area contributed by atoms with Gasteiger partial charge in [-0.3, -0.25) is 4.79 Å². The first-order valence-electron chi connectivity index (χ1n) is 10.3. The van der Waals surface area contributed by atoms with Gasteiger partial charge in [-0.2, -0.15) is 0 Å². The molecule has 0 bridgehead atoms. The minimum Gasteiger partial charge on any atom is -0.466 e. The molecule has 1 fully saturated rings. The van der Waals surface area contributed by atoms with Crippen LogP contribution in [0.5, 0.6) is 0 Å². The van der Waals surface area contributed by atoms with Gasteiger partial charge in [0.1, 0.15) is 17.5 Å². The second kappa shape index (κ2) is 10.1. The lowest BCUT2D eigenvalue weighted by atomic mass is 9.91. The van der Waals surface area contributed by atoms with Crippen LogP contribution in [0.3, 0.4) is 0 Å². The van der Waals surface area contributed by atoms with Crippen molar-refractivity contribution in [1.29, 1.82) is 0 Å². The van der Waals surface area contributed by atoms with Crippen molar-refractivity contribution in [2.45, 2.75) is 44.8 Å². The van der Waals surface area contributed by atoms with Crippen LogP contribution >= 0.6 is 0 Å². The molecule has 4 nitrogen and oxygen atoms in total. The quantitative estimate of drug-likeness (QED) is 0.314. The van der Waals surface area contributed by atoms with E-state index in [2.05, 4.69) is 6.58 Å². The highest BCUT2D eigenvalue weighted by molar-refractivity contribution is 5.72. The summed E-state index contributed by atoms with van der Waals surface area (Å²) in [5.74, 6) is -2.54. The third kappa shape index (κ3) is 5.54. The first-order valence-corrected chi connectivity index (χ1v) is 10.3. The number of ether oxygens (including phenoxy) is 2. The fraction of sp³-hybridized carbons (Fsp3) is 0.375. The van der Waals surface area contributed by atoms with Gasteiger partial charge in [-0.25, -0.2) is 13.2 Å². The summed E-state index contributed by atoms with van der Waals surface area (Å²) in [6.07, 6.45) is 2.95. The summed E-state index contributed by atoms with van der Waals surface area (Å²) in [4.78, 5) is 11.9. The fourth-order valence-corrected chi connectivity index (χ4v) is 3.60. The molecule has 0 radical (unpaired) electrons. The predicted molar refractivity (Wildman–Crippen MR) is 112 cm³/mol. The number of hydrogen-bond acceptors (Lipinski definition) is 4. The molecule has 1 saturated carbocycles. The Labute approximate surface area is 179 Å². The molecule has 1 aliphatic carbocycles. The lowest BCUT2D eigenvalue weighted by Crippen LogP contribution is -2.19. The Hall–Kier alpha value is -2.64. The van der Waals surface area contributed by atoms with Crippen molar-refractivity contribution >= 4 is 5.97 Å². The highest BCUT2D eigenvalue weighted by Crippen LogP contribution is 2.45. The van der Waals surface area contributed by atoms with E-state index in [4.69, 9.17) is 15.2 Å². The van der Waals surface area contributed by atoms with Crippen molar-refractivity contribution in [3.63, 3.8) is 0 Å². The third-order valence-electron chi connectivity index (χ3n) is 5.16. The summed E-state index contributed by atoms with van der Waals surface area (Å²) >= 11 is 0. The molecular formula is C24H26F3NO3. The van der Waals surface area contributed by atoms with Gasteiger partial charge in [-0.05, 0) is 60.6 Å². The third-order valence-corrected chi connectivity index (χ3v) is 5.16. The van der Waals surface area contributed by atoms with Crippen molar-refractivity contribution in [1.82, 2.24) is 0 Å². The largest absolute Gasteiger partial charge is 0.466 e. The van der Waals surface area contributed by atoms with Crippen LogP contribution in [-0.4, -0.2) is 19.2 Å². The summed E-state index contributed by atoms with van der Waals surface area (Å²) in [7, 11) is 0. The van der Waals surface area contributed by atoms with Gasteiger partial charge >= 0.3 is 5.97 Å². The Kier molecular flexibility index (Phi) is 7.51. The SMILES string of the molecule is C=CCOCc1cc(F)cc(F)c1-c1cc(C2CC2)c(F)c([C@@H](N)CC(=O)OCC)c1. The highest BCUT2D eigenvalue weighted by atomic mass is 19.1. The molecule has 1 atom stereocenters. The highest BCUT2D eigenvalue weighted by Gasteiger charge is 2.31. The van der Waals surface area contributed by atoms with E-state index in [1.807, 2.05) is 0 Å². The molecule has 7 heteroatoms. The lowest BCUT2D eigenvalue weighted by Gasteiger charge is -2.19. The number of hydrogen-bond donors (Lipinski definition) is 1. The number of carbonyl (C=O) groups excluding carboxylic acids is 1. The Bertz CT molecular complexity index is 973. The zero-order valence-electron chi connectivity index (χ0n) is 17.4. The van der Waals surface area contributed by atoms with Crippen LogP contribution < -0.4 is 5.73 Å². The van der Waals surface area contributed by atoms with Crippen LogP contribution in [0.15, 0.2) is 36.9 Å². The molecule has 0 amide bonds. The molecule has 2 aromatic carbocycles. The van der Waals surface area contributed by atoms with E-state index in [1.165, 1.54) is 18.2 Å². The molecule has 0 aliphatic heterocycles. The van der Waals surface area contributed by atoms with Gasteiger partial charge in [-0.15, -0.1) is 6.58 Å². The normalized spacial score (nSPS) is 14.4. The van der Waals surface area contributed by atoms with Gasteiger partial charge in [-0.1, -0.05) is 6.08 Å². The maximum Gasteiger partial charge on any atom is 0.307 e. The average molecular weight is 433 g/mol. The van der Waals surface area contributed by atoms with E-state index in [0.717, 1.165) is 18.9 Å². The smallest absolute Gasteiger partial charge is 0.307 e. The minimum absolute atomic E-state index is 0.0115. The van der Waals surface area contributed by atoms with E-state index in [-0.39, 0.29) is 48.8 Å². The number of carbonyl (C=O) groups is 1. The summed E-state index contributed by atoms with van der Waals surface area (Å²) < 4.78 is 54.3. The van der Waals surface area contributed by atoms with Gasteiger partial charge < -0.3 is 15.2 Å². The topological polar surface area (TPSA) is 61.5 Å². The molecule has 0 aromatic heterocycles. The molecule has 31 heavy (non-hydrogen) atoms. The molecule has 0 saturated heterocycles. The number of halogens is 3. The van der Waals surface area contributed by atoms with E-state index in [0.29, 0.717) is 11.1 Å². The van der Waals surface area contributed by atoms with Gasteiger partial charge in [0.25, 0.3) is 0 Å². The first kappa shape index (κ1) is 23.0. The van der Waals surface area contributed by atoms with E-state index in [1.54, 1.807) is 13.0 Å². The maximum absolute atomic E-state index is 15.2. The predicted octanol–water partition coefficient (Wildman–Crippen LogP) is 5.30. The standard InChI is InChI=1S/C24H26F3NO3/c1-3-7-30-13-16-8-17(25)11-20(26)23(16)15-9-18(14-5-6-14)24(27)19(10-15)21(28)12-22(29)31-4-2/h3,8-11,14,21H,1,4-7,12-13,28H2,2H3/t21-/m0/s1. The van der Waals surface area contributed by atoms with E-state index in [9.17, 15) is 13.6 Å². The molecule has 1 aliphatic rings. The number of rotatable bonds is 10. The Morgan fingerprint density at radius 3 is 2.65 bits per heavy atom. The average Bonchev–Trinajstić information content (AvgIpc) is 3.53. The summed E-state index contributed by atoms with van der Waals surface area (Å²) in [6, 6.07) is 4.03. The lowest BCUT2D eigenvalue weighted by molar-refractivity contribution is -0.143. The van der Waals surface area contributed by atoms with Crippen LogP contribution in [0.25, 0.3) is 11.1 Å². The van der Waals surface area contributed by atoms with Crippen molar-refractivity contribution in [2.75, 3.05) is 13.2 Å². The Balaban J connectivity index is 2.08. The minimum atomic E-state index is -0.958. The first-order chi connectivity index (χ1) is 14.8. The summed E-state index contributed by atoms with van der Waals surface area (Å²) in [5, 5.41) is 0. The van der Waals surface area contributed by atoms with Gasteiger partial charge in [0, 0.05) is 23.2 Å². The molecule has 0 heterocycles. The number of esters is 1. The van der Waals surface area contributed by atoms with Crippen molar-refractivity contribution < 1.29 is 27.4 Å². The molecular weight excluding hydrogens is 407 g/mol. The Morgan fingerprint density at radius 2 is 2.00 bits per heavy atom.